The van der Waals surface area contributed by atoms with Gasteiger partial charge in [-0.25, -0.2) is 0 Å². The lowest BCUT2D eigenvalue weighted by atomic mass is 9.90. The highest BCUT2D eigenvalue weighted by Gasteiger charge is 2.40. The van der Waals surface area contributed by atoms with Crippen LogP contribution >= 0.6 is 0 Å². The molecule has 94 valence electrons. The molecule has 1 N–H and O–H groups in total. The van der Waals surface area contributed by atoms with Gasteiger partial charge in [-0.3, -0.25) is 9.69 Å². The molecule has 3 heteroatoms. The van der Waals surface area contributed by atoms with E-state index in [4.69, 9.17) is 5.11 Å². The Bertz CT molecular complexity index is 216. The quantitative estimate of drug-likeness (QED) is 0.727. The molecule has 1 saturated carbocycles. The second-order valence-electron chi connectivity index (χ2n) is 4.99. The van der Waals surface area contributed by atoms with Crippen molar-refractivity contribution in [3.05, 3.63) is 0 Å². The van der Waals surface area contributed by atoms with Gasteiger partial charge in [-0.1, -0.05) is 26.7 Å². The number of carboxylic acid groups (broad SMARTS) is 1. The maximum atomic E-state index is 11.0. The van der Waals surface area contributed by atoms with Gasteiger partial charge in [0.2, 0.25) is 0 Å². The molecule has 0 aromatic carbocycles. The van der Waals surface area contributed by atoms with Gasteiger partial charge in [-0.15, -0.1) is 0 Å². The van der Waals surface area contributed by atoms with Crippen LogP contribution in [0.2, 0.25) is 0 Å². The van der Waals surface area contributed by atoms with Gasteiger partial charge in [-0.05, 0) is 38.8 Å². The highest BCUT2D eigenvalue weighted by molar-refractivity contribution is 5.68. The predicted molar refractivity (Wildman–Crippen MR) is 65.6 cm³/mol. The van der Waals surface area contributed by atoms with E-state index in [1.807, 2.05) is 0 Å². The largest absolute Gasteiger partial charge is 0.481 e. The summed E-state index contributed by atoms with van der Waals surface area (Å²) in [6, 6.07) is 0. The topological polar surface area (TPSA) is 40.5 Å². The molecule has 0 aromatic heterocycles. The van der Waals surface area contributed by atoms with Crippen molar-refractivity contribution < 1.29 is 9.90 Å². The highest BCUT2D eigenvalue weighted by atomic mass is 16.4. The van der Waals surface area contributed by atoms with E-state index >= 15 is 0 Å². The maximum Gasteiger partial charge on any atom is 0.305 e. The summed E-state index contributed by atoms with van der Waals surface area (Å²) in [6.07, 6.45) is 7.07. The predicted octanol–water partition coefficient (Wildman–Crippen LogP) is 2.90. The van der Waals surface area contributed by atoms with E-state index in [-0.39, 0.29) is 5.54 Å². The smallest absolute Gasteiger partial charge is 0.305 e. The van der Waals surface area contributed by atoms with Gasteiger partial charge < -0.3 is 5.11 Å². The molecular weight excluding hydrogens is 202 g/mol. The lowest BCUT2D eigenvalue weighted by Crippen LogP contribution is -2.48. The number of carboxylic acids is 1. The van der Waals surface area contributed by atoms with Crippen LogP contribution < -0.4 is 0 Å². The summed E-state index contributed by atoms with van der Waals surface area (Å²) in [5.74, 6) is -0.640. The fourth-order valence-electron chi connectivity index (χ4n) is 3.05. The van der Waals surface area contributed by atoms with Crippen LogP contribution in [0.3, 0.4) is 0 Å². The number of rotatable bonds is 7. The zero-order chi connectivity index (χ0) is 12.0. The Kier molecular flexibility index (Phi) is 5.26. The van der Waals surface area contributed by atoms with Crippen LogP contribution in [0.4, 0.5) is 0 Å². The Morgan fingerprint density at radius 2 is 1.69 bits per heavy atom. The first-order valence-corrected chi connectivity index (χ1v) is 6.61. The molecule has 0 bridgehead atoms. The molecule has 0 spiro atoms. The van der Waals surface area contributed by atoms with Gasteiger partial charge >= 0.3 is 5.97 Å². The summed E-state index contributed by atoms with van der Waals surface area (Å²) < 4.78 is 0. The lowest BCUT2D eigenvalue weighted by Gasteiger charge is -2.40. The van der Waals surface area contributed by atoms with Gasteiger partial charge in [0.25, 0.3) is 0 Å². The number of hydrogen-bond acceptors (Lipinski definition) is 2. The summed E-state index contributed by atoms with van der Waals surface area (Å²) in [6.45, 7) is 6.43. The van der Waals surface area contributed by atoms with Crippen LogP contribution in [-0.4, -0.2) is 34.6 Å². The first kappa shape index (κ1) is 13.5. The maximum absolute atomic E-state index is 11.0. The fourth-order valence-corrected chi connectivity index (χ4v) is 3.05. The molecule has 0 amide bonds. The van der Waals surface area contributed by atoms with E-state index < -0.39 is 5.97 Å². The first-order valence-electron chi connectivity index (χ1n) is 6.61. The Labute approximate surface area is 98.8 Å². The van der Waals surface area contributed by atoms with Gasteiger partial charge in [0, 0.05) is 5.54 Å². The van der Waals surface area contributed by atoms with E-state index in [1.54, 1.807) is 0 Å². The first-order chi connectivity index (χ1) is 7.64. The van der Waals surface area contributed by atoms with Crippen molar-refractivity contribution in [1.29, 1.82) is 0 Å². The monoisotopic (exact) mass is 227 g/mol. The van der Waals surface area contributed by atoms with E-state index in [2.05, 4.69) is 18.7 Å². The molecule has 3 nitrogen and oxygen atoms in total. The molecule has 16 heavy (non-hydrogen) atoms. The molecular formula is C13H25NO2. The van der Waals surface area contributed by atoms with Crippen LogP contribution in [-0.2, 0) is 4.79 Å². The summed E-state index contributed by atoms with van der Waals surface area (Å²) >= 11 is 0. The van der Waals surface area contributed by atoms with E-state index in [9.17, 15) is 4.79 Å². The van der Waals surface area contributed by atoms with E-state index in [0.717, 1.165) is 38.8 Å². The minimum atomic E-state index is -0.640. The summed E-state index contributed by atoms with van der Waals surface area (Å²) in [7, 11) is 0. The molecule has 0 aliphatic heterocycles. The fraction of sp³-hybridized carbons (Fsp3) is 0.923. The Morgan fingerprint density at radius 1 is 1.19 bits per heavy atom. The number of hydrogen-bond donors (Lipinski definition) is 1. The van der Waals surface area contributed by atoms with Gasteiger partial charge in [0.15, 0.2) is 0 Å². The van der Waals surface area contributed by atoms with Crippen LogP contribution in [0, 0.1) is 0 Å². The molecule has 1 fully saturated rings. The molecule has 0 radical (unpaired) electrons. The lowest BCUT2D eigenvalue weighted by molar-refractivity contribution is -0.140. The molecule has 1 aliphatic rings. The molecule has 1 rings (SSSR count). The third kappa shape index (κ3) is 3.21. The van der Waals surface area contributed by atoms with Gasteiger partial charge in [0.05, 0.1) is 6.42 Å². The zero-order valence-electron chi connectivity index (χ0n) is 10.7. The average molecular weight is 227 g/mol. The second kappa shape index (κ2) is 6.24. The molecule has 1 aliphatic carbocycles. The van der Waals surface area contributed by atoms with Gasteiger partial charge in [-0.2, -0.15) is 0 Å². The van der Waals surface area contributed by atoms with Crippen molar-refractivity contribution in [3.63, 3.8) is 0 Å². The number of aliphatic carboxylic acids is 1. The van der Waals surface area contributed by atoms with Crippen molar-refractivity contribution in [2.75, 3.05) is 13.1 Å². The summed E-state index contributed by atoms with van der Waals surface area (Å²) in [5, 5.41) is 9.10. The standard InChI is InChI=1S/C13H25NO2/c1-3-9-14(10-4-2)13(11-12(15)16)7-5-6-8-13/h3-11H2,1-2H3,(H,15,16). The van der Waals surface area contributed by atoms with Crippen molar-refractivity contribution in [2.45, 2.75) is 64.3 Å². The Hall–Kier alpha value is -0.570. The second-order valence-corrected chi connectivity index (χ2v) is 4.99. The third-order valence-corrected chi connectivity index (χ3v) is 3.67. The minimum Gasteiger partial charge on any atom is -0.481 e. The molecule has 0 unspecified atom stereocenters. The van der Waals surface area contributed by atoms with Gasteiger partial charge in [0.1, 0.15) is 0 Å². The van der Waals surface area contributed by atoms with Crippen LogP contribution in [0.15, 0.2) is 0 Å². The van der Waals surface area contributed by atoms with E-state index in [1.165, 1.54) is 12.8 Å². The highest BCUT2D eigenvalue weighted by Crippen LogP contribution is 2.38. The Morgan fingerprint density at radius 3 is 2.06 bits per heavy atom. The normalized spacial score (nSPS) is 19.2. The SMILES string of the molecule is CCCN(CCC)C1(CC(=O)O)CCCC1. The van der Waals surface area contributed by atoms with Crippen molar-refractivity contribution in [2.24, 2.45) is 0 Å². The Balaban J connectivity index is 2.74. The van der Waals surface area contributed by atoms with E-state index in [0.29, 0.717) is 6.42 Å². The summed E-state index contributed by atoms with van der Waals surface area (Å²) in [4.78, 5) is 13.5. The minimum absolute atomic E-state index is 0.0299. The number of carbonyl (C=O) groups is 1. The zero-order valence-corrected chi connectivity index (χ0v) is 10.7. The molecule has 0 heterocycles. The van der Waals surface area contributed by atoms with Crippen molar-refractivity contribution >= 4 is 5.97 Å². The molecule has 0 aromatic rings. The van der Waals surface area contributed by atoms with Crippen molar-refractivity contribution in [1.82, 2.24) is 4.90 Å². The summed E-state index contributed by atoms with van der Waals surface area (Å²) in [5.41, 5.74) is -0.0299. The number of nitrogens with zero attached hydrogens (tertiary/aromatic N) is 1. The third-order valence-electron chi connectivity index (χ3n) is 3.67. The van der Waals surface area contributed by atoms with Crippen molar-refractivity contribution in [3.8, 4) is 0 Å². The average Bonchev–Trinajstić information content (AvgIpc) is 2.66. The van der Waals surface area contributed by atoms with Crippen LogP contribution in [0.1, 0.15) is 58.8 Å². The molecule has 0 atom stereocenters. The van der Waals surface area contributed by atoms with Crippen LogP contribution in [0.25, 0.3) is 0 Å². The van der Waals surface area contributed by atoms with Crippen LogP contribution in [0.5, 0.6) is 0 Å². The molecule has 0 saturated heterocycles.